The molecular weight excluding hydrogens is 551 g/mol. The number of aromatic nitrogens is 5. The number of halogens is 1. The van der Waals surface area contributed by atoms with Crippen LogP contribution in [0.4, 0.5) is 5.69 Å². The molecule has 1 aliphatic carbocycles. The molecule has 0 aliphatic heterocycles. The fraction of sp³-hybridized carbons (Fsp3) is 0.478. The normalized spacial score (nSPS) is 20.2. The minimum Gasteiger partial charge on any atom is -0.382 e. The summed E-state index contributed by atoms with van der Waals surface area (Å²) in [6.07, 6.45) is 10.9. The molecule has 32 heavy (non-hydrogen) atoms. The average Bonchev–Trinajstić information content (AvgIpc) is 3.53. The van der Waals surface area contributed by atoms with Crippen LogP contribution in [-0.4, -0.2) is 34.9 Å². The van der Waals surface area contributed by atoms with Crippen molar-refractivity contribution < 1.29 is 0 Å². The van der Waals surface area contributed by atoms with Crippen molar-refractivity contribution in [1.82, 2.24) is 25.0 Å². The fourth-order valence-corrected chi connectivity index (χ4v) is 6.93. The lowest BCUT2D eigenvalue weighted by Gasteiger charge is -2.29. The molecule has 4 aromatic rings. The molecule has 9 heteroatoms. The molecule has 4 aromatic heterocycles. The molecule has 0 spiro atoms. The molecule has 4 heterocycles. The molecule has 0 amide bonds. The van der Waals surface area contributed by atoms with Gasteiger partial charge in [-0.1, -0.05) is 34.7 Å². The lowest BCUT2D eigenvalue weighted by Crippen LogP contribution is -2.22. The van der Waals surface area contributed by atoms with E-state index in [0.717, 1.165) is 37.0 Å². The Hall–Kier alpha value is -1.59. The van der Waals surface area contributed by atoms with Gasteiger partial charge in [-0.2, -0.15) is 0 Å². The van der Waals surface area contributed by atoms with Gasteiger partial charge >= 0.3 is 0 Å². The van der Waals surface area contributed by atoms with Gasteiger partial charge in [-0.3, -0.25) is 4.98 Å². The van der Waals surface area contributed by atoms with E-state index in [1.54, 1.807) is 22.7 Å². The molecule has 0 aromatic carbocycles. The lowest BCUT2D eigenvalue weighted by molar-refractivity contribution is 0.260. The quantitative estimate of drug-likeness (QED) is 0.196. The van der Waals surface area contributed by atoms with Crippen molar-refractivity contribution in [2.45, 2.75) is 62.5 Å². The summed E-state index contributed by atoms with van der Waals surface area (Å²) in [6, 6.07) is 2.97. The van der Waals surface area contributed by atoms with Gasteiger partial charge in [0.05, 0.1) is 28.3 Å². The van der Waals surface area contributed by atoms with E-state index in [2.05, 4.69) is 80.9 Å². The summed E-state index contributed by atoms with van der Waals surface area (Å²) in [5, 5.41) is 13.9. The van der Waals surface area contributed by atoms with Crippen LogP contribution in [0.3, 0.4) is 0 Å². The Morgan fingerprint density at radius 2 is 1.94 bits per heavy atom. The summed E-state index contributed by atoms with van der Waals surface area (Å²) in [6.45, 7) is 6.65. The molecule has 168 valence electrons. The molecule has 1 aliphatic rings. The Kier molecular flexibility index (Phi) is 6.48. The van der Waals surface area contributed by atoms with Crippen LogP contribution in [-0.2, 0) is 0 Å². The van der Waals surface area contributed by atoms with E-state index >= 15 is 0 Å². The summed E-state index contributed by atoms with van der Waals surface area (Å²) in [7, 11) is 0. The van der Waals surface area contributed by atoms with Gasteiger partial charge in [0.25, 0.3) is 0 Å². The third-order valence-corrected chi connectivity index (χ3v) is 9.25. The number of fused-ring (bicyclic) bond motifs is 1. The molecule has 1 atom stereocenters. The van der Waals surface area contributed by atoms with E-state index in [0.29, 0.717) is 12.1 Å². The van der Waals surface area contributed by atoms with E-state index in [1.165, 1.54) is 35.4 Å². The van der Waals surface area contributed by atoms with Crippen LogP contribution in [0.2, 0.25) is 0 Å². The maximum atomic E-state index is 4.79. The van der Waals surface area contributed by atoms with Crippen LogP contribution in [0.25, 0.3) is 31.2 Å². The van der Waals surface area contributed by atoms with Crippen LogP contribution in [0.15, 0.2) is 30.2 Å². The second kappa shape index (κ2) is 9.34. The van der Waals surface area contributed by atoms with Crippen LogP contribution in [0, 0.1) is 5.92 Å². The van der Waals surface area contributed by atoms with E-state index < -0.39 is 0 Å². The van der Waals surface area contributed by atoms with Crippen molar-refractivity contribution in [3.05, 3.63) is 30.2 Å². The average molecular weight is 579 g/mol. The predicted molar refractivity (Wildman–Crippen MR) is 143 cm³/mol. The molecule has 0 saturated heterocycles. The van der Waals surface area contributed by atoms with Crippen LogP contribution in [0.5, 0.6) is 0 Å². The number of alkyl halides is 1. The highest BCUT2D eigenvalue weighted by Crippen LogP contribution is 2.42. The number of anilines is 1. The van der Waals surface area contributed by atoms with Gasteiger partial charge in [0.15, 0.2) is 0 Å². The Morgan fingerprint density at radius 1 is 1.12 bits per heavy atom. The third-order valence-electron chi connectivity index (χ3n) is 6.22. The molecule has 1 saturated carbocycles. The van der Waals surface area contributed by atoms with Crippen molar-refractivity contribution in [2.24, 2.45) is 5.92 Å². The largest absolute Gasteiger partial charge is 0.382 e. The van der Waals surface area contributed by atoms with E-state index in [-0.39, 0.29) is 0 Å². The summed E-state index contributed by atoms with van der Waals surface area (Å²) in [4.78, 5) is 12.4. The minimum atomic E-state index is 0.298. The number of nitrogens with zero attached hydrogens (tertiary/aromatic N) is 5. The summed E-state index contributed by atoms with van der Waals surface area (Å²) in [5.74, 6) is 0.828. The molecular formula is C23H27IN6S2. The van der Waals surface area contributed by atoms with E-state index in [1.807, 2.05) is 17.9 Å². The molecule has 1 fully saturated rings. The molecule has 6 nitrogen and oxygen atoms in total. The Labute approximate surface area is 210 Å². The zero-order valence-corrected chi connectivity index (χ0v) is 22.2. The van der Waals surface area contributed by atoms with Gasteiger partial charge in [0.1, 0.15) is 10.5 Å². The summed E-state index contributed by atoms with van der Waals surface area (Å²) >= 11 is 5.93. The molecule has 1 unspecified atom stereocenters. The van der Waals surface area contributed by atoms with Gasteiger partial charge in [0, 0.05) is 38.2 Å². The Morgan fingerprint density at radius 3 is 2.62 bits per heavy atom. The first kappa shape index (κ1) is 22.2. The van der Waals surface area contributed by atoms with Crippen LogP contribution in [0.1, 0.15) is 52.5 Å². The van der Waals surface area contributed by atoms with E-state index in [9.17, 15) is 0 Å². The number of nitrogens with one attached hydrogen (secondary N) is 1. The van der Waals surface area contributed by atoms with Crippen molar-refractivity contribution >= 4 is 61.2 Å². The highest BCUT2D eigenvalue weighted by molar-refractivity contribution is 14.1. The predicted octanol–water partition coefficient (Wildman–Crippen LogP) is 7.05. The highest BCUT2D eigenvalue weighted by atomic mass is 127. The smallest absolute Gasteiger partial charge is 0.125 e. The first-order valence-corrected chi connectivity index (χ1v) is 14.1. The number of thiophene rings is 1. The standard InChI is InChI=1S/C23H27IN6S2/c1-13(2)27-22-17-8-20(21-10-25-12-31-21)32-23(17)26-9-18(22)19-11-30(29-28-19)16-6-4-15(5-7-16)14(3)24/h8-16H,4-7H2,1-3H3,(H,26,27)/t14?,15-,16-. The highest BCUT2D eigenvalue weighted by Gasteiger charge is 2.26. The molecule has 5 rings (SSSR count). The molecule has 0 bridgehead atoms. The second-order valence-corrected chi connectivity index (χ2v) is 12.8. The maximum Gasteiger partial charge on any atom is 0.125 e. The number of hydrogen-bond donors (Lipinski definition) is 1. The monoisotopic (exact) mass is 578 g/mol. The fourth-order valence-electron chi connectivity index (χ4n) is 4.49. The minimum absolute atomic E-state index is 0.298. The second-order valence-electron chi connectivity index (χ2n) is 8.87. The first-order valence-electron chi connectivity index (χ1n) is 11.1. The molecule has 1 N–H and O–H groups in total. The van der Waals surface area contributed by atoms with Gasteiger partial charge in [-0.25, -0.2) is 9.67 Å². The number of hydrogen-bond acceptors (Lipinski definition) is 7. The first-order chi connectivity index (χ1) is 15.5. The SMILES string of the molecule is CC(C)Nc1c(-c2cn([C@H]3CC[C@H](C(C)I)CC3)nn2)cnc2sc(-c3cncs3)cc12. The summed E-state index contributed by atoms with van der Waals surface area (Å²) in [5.41, 5.74) is 4.86. The van der Waals surface area contributed by atoms with Crippen molar-refractivity contribution in [3.63, 3.8) is 0 Å². The zero-order chi connectivity index (χ0) is 22.2. The summed E-state index contributed by atoms with van der Waals surface area (Å²) < 4.78 is 2.83. The van der Waals surface area contributed by atoms with Gasteiger partial charge < -0.3 is 5.32 Å². The number of pyridine rings is 1. The van der Waals surface area contributed by atoms with Gasteiger partial charge in [-0.15, -0.1) is 27.8 Å². The Bertz CT molecular complexity index is 1190. The van der Waals surface area contributed by atoms with Gasteiger partial charge in [0.2, 0.25) is 0 Å². The zero-order valence-electron chi connectivity index (χ0n) is 18.5. The number of rotatable bonds is 6. The van der Waals surface area contributed by atoms with Gasteiger partial charge in [-0.05, 0) is 51.5 Å². The van der Waals surface area contributed by atoms with Crippen molar-refractivity contribution in [1.29, 1.82) is 0 Å². The number of thiazole rings is 1. The van der Waals surface area contributed by atoms with Crippen molar-refractivity contribution in [3.8, 4) is 21.0 Å². The maximum absolute atomic E-state index is 4.79. The van der Waals surface area contributed by atoms with Crippen molar-refractivity contribution in [2.75, 3.05) is 5.32 Å². The van der Waals surface area contributed by atoms with E-state index in [4.69, 9.17) is 4.98 Å². The van der Waals surface area contributed by atoms with Crippen LogP contribution >= 0.6 is 45.3 Å². The lowest BCUT2D eigenvalue weighted by atomic mass is 9.84. The van der Waals surface area contributed by atoms with Crippen LogP contribution < -0.4 is 5.32 Å². The molecule has 0 radical (unpaired) electrons. The Balaban J connectivity index is 1.49. The topological polar surface area (TPSA) is 68.5 Å². The third kappa shape index (κ3) is 4.43.